The van der Waals surface area contributed by atoms with Gasteiger partial charge in [-0.3, -0.25) is 14.6 Å². The molecule has 5 rings (SSSR count). The molecule has 1 fully saturated rings. The van der Waals surface area contributed by atoms with E-state index >= 15 is 0 Å². The lowest BCUT2D eigenvalue weighted by Crippen LogP contribution is -2.40. The Labute approximate surface area is 173 Å². The van der Waals surface area contributed by atoms with Crippen LogP contribution < -0.4 is 5.43 Å². The number of hydrogen-bond acceptors (Lipinski definition) is 6. The third kappa shape index (κ3) is 3.13. The summed E-state index contributed by atoms with van der Waals surface area (Å²) < 4.78 is 7.42. The van der Waals surface area contributed by atoms with E-state index in [1.807, 2.05) is 60.5 Å². The molecule has 0 unspecified atom stereocenters. The lowest BCUT2D eigenvalue weighted by atomic mass is 9.97. The van der Waals surface area contributed by atoms with Crippen LogP contribution in [0, 0.1) is 0 Å². The molecule has 0 spiro atoms. The van der Waals surface area contributed by atoms with Gasteiger partial charge in [-0.15, -0.1) is 0 Å². The maximum atomic E-state index is 13.1. The molecule has 1 N–H and O–H groups in total. The first kappa shape index (κ1) is 18.7. The number of para-hydroxylation sites is 1. The summed E-state index contributed by atoms with van der Waals surface area (Å²) in [6, 6.07) is 9.70. The van der Waals surface area contributed by atoms with Crippen molar-refractivity contribution in [3.63, 3.8) is 0 Å². The largest absolute Gasteiger partial charge is 0.338 e. The maximum absolute atomic E-state index is 13.1. The van der Waals surface area contributed by atoms with Gasteiger partial charge < -0.3 is 4.52 Å². The Balaban J connectivity index is 1.65. The topological polar surface area (TPSA) is 88.6 Å². The van der Waals surface area contributed by atoms with Gasteiger partial charge in [-0.25, -0.2) is 9.99 Å². The van der Waals surface area contributed by atoms with Crippen molar-refractivity contribution in [3.05, 3.63) is 48.1 Å². The molecule has 154 valence electrons. The quantitative estimate of drug-likeness (QED) is 0.562. The number of nitrogens with zero attached hydrogens (tertiary/aromatic N) is 5. The van der Waals surface area contributed by atoms with Gasteiger partial charge in [0.15, 0.2) is 0 Å². The zero-order chi connectivity index (χ0) is 20.9. The van der Waals surface area contributed by atoms with Crippen LogP contribution in [0.5, 0.6) is 0 Å². The first-order valence-electron chi connectivity index (χ1n) is 10.2. The summed E-state index contributed by atoms with van der Waals surface area (Å²) in [5, 5.41) is 6.99. The van der Waals surface area contributed by atoms with Crippen LogP contribution in [0.4, 0.5) is 0 Å². The van der Waals surface area contributed by atoms with Crippen LogP contribution in [0.15, 0.2) is 41.2 Å². The minimum Gasteiger partial charge on any atom is -0.338 e. The Morgan fingerprint density at radius 3 is 2.63 bits per heavy atom. The van der Waals surface area contributed by atoms with Gasteiger partial charge in [-0.2, -0.15) is 4.98 Å². The number of imidazole rings is 1. The predicted molar refractivity (Wildman–Crippen MR) is 113 cm³/mol. The number of carbonyl (C=O) groups is 1. The van der Waals surface area contributed by atoms with Gasteiger partial charge in [0.05, 0.1) is 16.6 Å². The molecule has 0 atom stereocenters. The van der Waals surface area contributed by atoms with Crippen molar-refractivity contribution in [2.45, 2.75) is 39.0 Å². The van der Waals surface area contributed by atoms with Crippen molar-refractivity contribution < 1.29 is 9.32 Å². The third-order valence-corrected chi connectivity index (χ3v) is 5.43. The SMILES string of the molecule is CC(C)(C)c1nc(-c2ncn3c2cc(C(=O)NN2CCCC2)c2ccccc23)no1. The highest BCUT2D eigenvalue weighted by Crippen LogP contribution is 2.29. The number of hydrogen-bond donors (Lipinski definition) is 1. The van der Waals surface area contributed by atoms with E-state index in [1.54, 1.807) is 6.33 Å². The van der Waals surface area contributed by atoms with Gasteiger partial charge in [0.1, 0.15) is 12.0 Å². The van der Waals surface area contributed by atoms with Crippen LogP contribution in [0.25, 0.3) is 27.9 Å². The normalized spacial score (nSPS) is 15.3. The molecule has 0 saturated carbocycles. The van der Waals surface area contributed by atoms with Crippen LogP contribution >= 0.6 is 0 Å². The molecule has 1 aliphatic heterocycles. The highest BCUT2D eigenvalue weighted by Gasteiger charge is 2.25. The van der Waals surface area contributed by atoms with Crippen LogP contribution in [0.3, 0.4) is 0 Å². The molecule has 3 aromatic heterocycles. The fourth-order valence-corrected chi connectivity index (χ4v) is 3.83. The van der Waals surface area contributed by atoms with Crippen molar-refractivity contribution in [3.8, 4) is 11.5 Å². The number of fused-ring (bicyclic) bond motifs is 3. The van der Waals surface area contributed by atoms with Gasteiger partial charge >= 0.3 is 0 Å². The zero-order valence-corrected chi connectivity index (χ0v) is 17.3. The van der Waals surface area contributed by atoms with Crippen molar-refractivity contribution in [2.24, 2.45) is 0 Å². The average Bonchev–Trinajstić information content (AvgIpc) is 3.46. The maximum Gasteiger partial charge on any atom is 0.266 e. The number of pyridine rings is 1. The van der Waals surface area contributed by atoms with E-state index < -0.39 is 0 Å². The zero-order valence-electron chi connectivity index (χ0n) is 17.3. The summed E-state index contributed by atoms with van der Waals surface area (Å²) in [5.74, 6) is 0.848. The lowest BCUT2D eigenvalue weighted by Gasteiger charge is -2.17. The van der Waals surface area contributed by atoms with E-state index in [2.05, 4.69) is 20.6 Å². The minimum absolute atomic E-state index is 0.119. The summed E-state index contributed by atoms with van der Waals surface area (Å²) in [7, 11) is 0. The van der Waals surface area contributed by atoms with Crippen molar-refractivity contribution >= 4 is 22.3 Å². The predicted octanol–water partition coefficient (Wildman–Crippen LogP) is 3.58. The minimum atomic E-state index is -0.256. The molecule has 1 amide bonds. The van der Waals surface area contributed by atoms with Crippen molar-refractivity contribution in [1.29, 1.82) is 0 Å². The first-order chi connectivity index (χ1) is 14.4. The highest BCUT2D eigenvalue weighted by molar-refractivity contribution is 6.08. The van der Waals surface area contributed by atoms with Crippen molar-refractivity contribution in [1.82, 2.24) is 30.0 Å². The van der Waals surface area contributed by atoms with Crippen molar-refractivity contribution in [2.75, 3.05) is 13.1 Å². The van der Waals surface area contributed by atoms with E-state index in [1.165, 1.54) is 0 Å². The van der Waals surface area contributed by atoms with Crippen LogP contribution in [-0.2, 0) is 5.41 Å². The monoisotopic (exact) mass is 404 g/mol. The Kier molecular flexibility index (Phi) is 4.32. The van der Waals surface area contributed by atoms with Crippen LogP contribution in [0.2, 0.25) is 0 Å². The molecule has 8 heteroatoms. The third-order valence-electron chi connectivity index (χ3n) is 5.43. The molecule has 1 aromatic carbocycles. The number of carbonyl (C=O) groups excluding carboxylic acids is 1. The molecule has 1 saturated heterocycles. The Morgan fingerprint density at radius 2 is 1.90 bits per heavy atom. The molecule has 0 bridgehead atoms. The molecule has 4 heterocycles. The van der Waals surface area contributed by atoms with Crippen LogP contribution in [-0.4, -0.2) is 43.5 Å². The highest BCUT2D eigenvalue weighted by atomic mass is 16.5. The molecule has 4 aromatic rings. The summed E-state index contributed by atoms with van der Waals surface area (Å²) in [5.41, 5.74) is 5.65. The summed E-state index contributed by atoms with van der Waals surface area (Å²) >= 11 is 0. The van der Waals surface area contributed by atoms with E-state index in [0.29, 0.717) is 23.0 Å². The number of hydrazine groups is 1. The summed E-state index contributed by atoms with van der Waals surface area (Å²) in [4.78, 5) is 22.2. The van der Waals surface area contributed by atoms with Gasteiger partial charge in [0, 0.05) is 23.9 Å². The fraction of sp³-hybridized carbons (Fsp3) is 0.364. The molecular weight excluding hydrogens is 380 g/mol. The summed E-state index contributed by atoms with van der Waals surface area (Å²) in [6.45, 7) is 7.81. The number of benzene rings is 1. The Morgan fingerprint density at radius 1 is 1.13 bits per heavy atom. The number of aromatic nitrogens is 4. The number of nitrogens with one attached hydrogen (secondary N) is 1. The van der Waals surface area contributed by atoms with Crippen LogP contribution in [0.1, 0.15) is 49.9 Å². The Hall–Kier alpha value is -3.26. The van der Waals surface area contributed by atoms with Gasteiger partial charge in [-0.05, 0) is 25.0 Å². The number of amides is 1. The van der Waals surface area contributed by atoms with Gasteiger partial charge in [-0.1, -0.05) is 44.1 Å². The Bertz CT molecular complexity index is 1240. The fourth-order valence-electron chi connectivity index (χ4n) is 3.83. The smallest absolute Gasteiger partial charge is 0.266 e. The van der Waals surface area contributed by atoms with E-state index in [-0.39, 0.29) is 11.3 Å². The molecule has 0 radical (unpaired) electrons. The summed E-state index contributed by atoms with van der Waals surface area (Å²) in [6.07, 6.45) is 3.93. The van der Waals surface area contributed by atoms with Gasteiger partial charge in [0.2, 0.25) is 11.7 Å². The number of rotatable bonds is 3. The second-order valence-electron chi connectivity index (χ2n) is 8.73. The average molecular weight is 404 g/mol. The molecule has 30 heavy (non-hydrogen) atoms. The second-order valence-corrected chi connectivity index (χ2v) is 8.73. The molecule has 0 aliphatic carbocycles. The second kappa shape index (κ2) is 6.91. The molecule has 8 nitrogen and oxygen atoms in total. The standard InChI is InChI=1S/C22H24N6O2/c1-22(2,3)21-24-19(26-30-21)18-17-12-15(20(29)25-27-10-6-7-11-27)14-8-4-5-9-16(14)28(17)13-23-18/h4-5,8-9,12-13H,6-7,10-11H2,1-3H3,(H,25,29). The van der Waals surface area contributed by atoms with Gasteiger partial charge in [0.25, 0.3) is 5.91 Å². The molecule has 1 aliphatic rings. The van der Waals surface area contributed by atoms with E-state index in [4.69, 9.17) is 4.52 Å². The molecular formula is C22H24N6O2. The van der Waals surface area contributed by atoms with E-state index in [9.17, 15) is 4.79 Å². The lowest BCUT2D eigenvalue weighted by molar-refractivity contribution is 0.0827. The van der Waals surface area contributed by atoms with E-state index in [0.717, 1.165) is 42.4 Å². The first-order valence-corrected chi connectivity index (χ1v) is 10.2.